The molecule has 0 bridgehead atoms. The summed E-state index contributed by atoms with van der Waals surface area (Å²) in [5.74, 6) is 2.48. The van der Waals surface area contributed by atoms with E-state index in [9.17, 15) is 9.59 Å². The van der Waals surface area contributed by atoms with E-state index in [4.69, 9.17) is 9.47 Å². The zero-order chi connectivity index (χ0) is 22.7. The Bertz CT molecular complexity index is 972. The highest BCUT2D eigenvalue weighted by atomic mass is 16.7. The van der Waals surface area contributed by atoms with Crippen LogP contribution in [-0.4, -0.2) is 29.5 Å². The first-order chi connectivity index (χ1) is 15.4. The molecule has 6 nitrogen and oxygen atoms in total. The van der Waals surface area contributed by atoms with Crippen molar-refractivity contribution in [2.75, 3.05) is 6.79 Å². The van der Waals surface area contributed by atoms with Crippen LogP contribution in [0.15, 0.2) is 42.5 Å². The number of rotatable bonds is 6. The molecular weight excluding hydrogens is 404 g/mol. The van der Waals surface area contributed by atoms with E-state index in [1.165, 1.54) is 13.3 Å². The first kappa shape index (κ1) is 22.2. The maximum Gasteiger partial charge on any atom is 0.254 e. The number of benzene rings is 2. The van der Waals surface area contributed by atoms with Gasteiger partial charge >= 0.3 is 0 Å². The summed E-state index contributed by atoms with van der Waals surface area (Å²) < 4.78 is 11.0. The molecule has 0 aromatic heterocycles. The molecule has 32 heavy (non-hydrogen) atoms. The Labute approximate surface area is 189 Å². The maximum absolute atomic E-state index is 13.7. The Kier molecular flexibility index (Phi) is 6.68. The van der Waals surface area contributed by atoms with Crippen LogP contribution in [0.5, 0.6) is 11.5 Å². The van der Waals surface area contributed by atoms with Gasteiger partial charge in [0, 0.05) is 31.6 Å². The molecular formula is C26H32N2O4. The molecule has 6 heteroatoms. The Balaban J connectivity index is 1.58. The predicted octanol–water partition coefficient (Wildman–Crippen LogP) is 4.52. The van der Waals surface area contributed by atoms with E-state index in [1.54, 1.807) is 0 Å². The van der Waals surface area contributed by atoms with Crippen molar-refractivity contribution < 1.29 is 19.1 Å². The molecule has 3 atom stereocenters. The van der Waals surface area contributed by atoms with Gasteiger partial charge in [-0.1, -0.05) is 44.9 Å². The lowest BCUT2D eigenvalue weighted by Crippen LogP contribution is -2.46. The van der Waals surface area contributed by atoms with Crippen molar-refractivity contribution >= 4 is 11.8 Å². The normalized spacial score (nSPS) is 21.8. The average Bonchev–Trinajstić information content (AvgIpc) is 3.26. The monoisotopic (exact) mass is 436 g/mol. The molecule has 1 heterocycles. The zero-order valence-corrected chi connectivity index (χ0v) is 19.1. The second kappa shape index (κ2) is 9.63. The molecule has 3 unspecified atom stereocenters. The molecule has 170 valence electrons. The van der Waals surface area contributed by atoms with Crippen LogP contribution >= 0.6 is 0 Å². The second-order valence-corrected chi connectivity index (χ2v) is 9.06. The van der Waals surface area contributed by atoms with Crippen LogP contribution < -0.4 is 14.8 Å². The van der Waals surface area contributed by atoms with Crippen molar-refractivity contribution in [3.63, 3.8) is 0 Å². The molecule has 2 amide bonds. The number of amides is 2. The number of hydrogen-bond donors (Lipinski definition) is 1. The van der Waals surface area contributed by atoms with Gasteiger partial charge in [-0.3, -0.25) is 9.59 Å². The summed E-state index contributed by atoms with van der Waals surface area (Å²) in [5, 5.41) is 2.79. The standard InChI is InChI=1S/C26H32N2O4/c1-17-5-4-6-23(18(17)2)28(15-21-9-12-24-25(13-21)32-16-31-24)26(30)22-10-7-20(8-11-22)14-27-19(3)29/h7-13,17-18,23H,4-6,14-16H2,1-3H3,(H,27,29). The quantitative estimate of drug-likeness (QED) is 0.723. The molecule has 0 spiro atoms. The van der Waals surface area contributed by atoms with Crippen LogP contribution in [0.25, 0.3) is 0 Å². The Morgan fingerprint density at radius 2 is 1.72 bits per heavy atom. The fourth-order valence-corrected chi connectivity index (χ4v) is 4.73. The number of nitrogens with zero attached hydrogens (tertiary/aromatic N) is 1. The van der Waals surface area contributed by atoms with Crippen molar-refractivity contribution in [2.24, 2.45) is 11.8 Å². The van der Waals surface area contributed by atoms with E-state index in [0.717, 1.165) is 35.5 Å². The van der Waals surface area contributed by atoms with Gasteiger partial charge in [-0.05, 0) is 53.6 Å². The molecule has 1 aliphatic carbocycles. The highest BCUT2D eigenvalue weighted by Gasteiger charge is 2.34. The summed E-state index contributed by atoms with van der Waals surface area (Å²) in [6.45, 7) is 7.29. The predicted molar refractivity (Wildman–Crippen MR) is 122 cm³/mol. The smallest absolute Gasteiger partial charge is 0.254 e. The highest BCUT2D eigenvalue weighted by molar-refractivity contribution is 5.94. The molecule has 1 fully saturated rings. The van der Waals surface area contributed by atoms with Crippen LogP contribution in [0.1, 0.15) is 61.5 Å². The van der Waals surface area contributed by atoms with Gasteiger partial charge in [0.25, 0.3) is 5.91 Å². The van der Waals surface area contributed by atoms with Gasteiger partial charge in [-0.15, -0.1) is 0 Å². The van der Waals surface area contributed by atoms with Gasteiger partial charge < -0.3 is 19.7 Å². The number of hydrogen-bond acceptors (Lipinski definition) is 4. The van der Waals surface area contributed by atoms with E-state index in [0.29, 0.717) is 30.5 Å². The molecule has 2 aromatic rings. The summed E-state index contributed by atoms with van der Waals surface area (Å²) >= 11 is 0. The van der Waals surface area contributed by atoms with Gasteiger partial charge in [-0.2, -0.15) is 0 Å². The lowest BCUT2D eigenvalue weighted by Gasteiger charge is -2.42. The molecule has 0 radical (unpaired) electrons. The fourth-order valence-electron chi connectivity index (χ4n) is 4.73. The number of carbonyl (C=O) groups is 2. The third-order valence-electron chi connectivity index (χ3n) is 6.86. The molecule has 2 aromatic carbocycles. The van der Waals surface area contributed by atoms with Crippen molar-refractivity contribution in [1.82, 2.24) is 10.2 Å². The lowest BCUT2D eigenvalue weighted by atomic mass is 9.77. The van der Waals surface area contributed by atoms with Crippen LogP contribution in [0.4, 0.5) is 0 Å². The lowest BCUT2D eigenvalue weighted by molar-refractivity contribution is -0.119. The van der Waals surface area contributed by atoms with Crippen LogP contribution in [0.3, 0.4) is 0 Å². The summed E-state index contributed by atoms with van der Waals surface area (Å²) in [5.41, 5.74) is 2.68. The van der Waals surface area contributed by atoms with Crippen molar-refractivity contribution in [1.29, 1.82) is 0 Å². The topological polar surface area (TPSA) is 67.9 Å². The van der Waals surface area contributed by atoms with E-state index in [1.807, 2.05) is 47.4 Å². The third-order valence-corrected chi connectivity index (χ3v) is 6.86. The molecule has 1 aliphatic heterocycles. The number of carbonyl (C=O) groups excluding carboxylic acids is 2. The summed E-state index contributed by atoms with van der Waals surface area (Å²) in [4.78, 5) is 26.9. The van der Waals surface area contributed by atoms with Crippen molar-refractivity contribution in [3.8, 4) is 11.5 Å². The fraction of sp³-hybridized carbons (Fsp3) is 0.462. The number of fused-ring (bicyclic) bond motifs is 1. The summed E-state index contributed by atoms with van der Waals surface area (Å²) in [6, 6.07) is 13.7. The molecule has 2 aliphatic rings. The summed E-state index contributed by atoms with van der Waals surface area (Å²) in [6.07, 6.45) is 3.36. The molecule has 0 saturated heterocycles. The van der Waals surface area contributed by atoms with Gasteiger partial charge in [-0.25, -0.2) is 0 Å². The largest absolute Gasteiger partial charge is 0.454 e. The van der Waals surface area contributed by atoms with E-state index >= 15 is 0 Å². The van der Waals surface area contributed by atoms with Gasteiger partial charge in [0.05, 0.1) is 0 Å². The minimum Gasteiger partial charge on any atom is -0.454 e. The number of nitrogens with one attached hydrogen (secondary N) is 1. The van der Waals surface area contributed by atoms with E-state index < -0.39 is 0 Å². The van der Waals surface area contributed by atoms with Crippen LogP contribution in [0.2, 0.25) is 0 Å². The Hall–Kier alpha value is -3.02. The average molecular weight is 437 g/mol. The Morgan fingerprint density at radius 1 is 1.00 bits per heavy atom. The SMILES string of the molecule is CC(=O)NCc1ccc(C(=O)N(Cc2ccc3c(c2)OCO3)C2CCCC(C)C2C)cc1. The van der Waals surface area contributed by atoms with Crippen LogP contribution in [-0.2, 0) is 17.9 Å². The van der Waals surface area contributed by atoms with Gasteiger partial charge in [0.2, 0.25) is 12.7 Å². The first-order valence-corrected chi connectivity index (χ1v) is 11.4. The first-order valence-electron chi connectivity index (χ1n) is 11.4. The Morgan fingerprint density at radius 3 is 2.47 bits per heavy atom. The van der Waals surface area contributed by atoms with Crippen molar-refractivity contribution in [3.05, 3.63) is 59.2 Å². The van der Waals surface area contributed by atoms with Gasteiger partial charge in [0.15, 0.2) is 11.5 Å². The van der Waals surface area contributed by atoms with E-state index in [2.05, 4.69) is 19.2 Å². The maximum atomic E-state index is 13.7. The molecule has 1 saturated carbocycles. The molecule has 4 rings (SSSR count). The summed E-state index contributed by atoms with van der Waals surface area (Å²) in [7, 11) is 0. The zero-order valence-electron chi connectivity index (χ0n) is 19.1. The minimum atomic E-state index is -0.0690. The minimum absolute atomic E-state index is 0.0414. The van der Waals surface area contributed by atoms with Gasteiger partial charge in [0.1, 0.15) is 0 Å². The number of ether oxygens (including phenoxy) is 2. The van der Waals surface area contributed by atoms with Crippen LogP contribution in [0, 0.1) is 11.8 Å². The second-order valence-electron chi connectivity index (χ2n) is 9.06. The van der Waals surface area contributed by atoms with E-state index in [-0.39, 0.29) is 24.6 Å². The molecule has 1 N–H and O–H groups in total. The highest BCUT2D eigenvalue weighted by Crippen LogP contribution is 2.36. The van der Waals surface area contributed by atoms with Crippen molar-refractivity contribution in [2.45, 2.75) is 59.2 Å². The third kappa shape index (κ3) is 4.90.